The molecular formula is C42H56F2N2O. The molecule has 0 heterocycles. The van der Waals surface area contributed by atoms with E-state index in [4.69, 9.17) is 0 Å². The molecule has 1 unspecified atom stereocenters. The average Bonchev–Trinajstić information content (AvgIpc) is 3.89. The van der Waals surface area contributed by atoms with E-state index in [0.717, 1.165) is 65.6 Å². The van der Waals surface area contributed by atoms with Crippen LogP contribution >= 0.6 is 0 Å². The monoisotopic (exact) mass is 642 g/mol. The second-order valence-corrected chi connectivity index (χ2v) is 13.0. The Bertz CT molecular complexity index is 1380. The van der Waals surface area contributed by atoms with E-state index < -0.39 is 12.3 Å². The van der Waals surface area contributed by atoms with Gasteiger partial charge in [0.2, 0.25) is 6.43 Å². The topological polar surface area (TPSA) is 32.7 Å². The number of rotatable bonds is 21. The highest BCUT2D eigenvalue weighted by atomic mass is 19.3. The molecule has 0 bridgehead atoms. The summed E-state index contributed by atoms with van der Waals surface area (Å²) in [6.45, 7) is 15.5. The molecule has 0 spiro atoms. The highest BCUT2D eigenvalue weighted by Gasteiger charge is 2.33. The summed E-state index contributed by atoms with van der Waals surface area (Å²) in [4.78, 5) is 18.7. The first kappa shape index (κ1) is 37.9. The van der Waals surface area contributed by atoms with Crippen LogP contribution in [-0.2, 0) is 4.79 Å². The van der Waals surface area contributed by atoms with Crippen LogP contribution < -0.4 is 0 Å². The fourth-order valence-electron chi connectivity index (χ4n) is 6.16. The van der Waals surface area contributed by atoms with Gasteiger partial charge in [-0.1, -0.05) is 112 Å². The van der Waals surface area contributed by atoms with Crippen LogP contribution in [-0.4, -0.2) is 43.5 Å². The van der Waals surface area contributed by atoms with E-state index in [9.17, 15) is 13.6 Å². The van der Waals surface area contributed by atoms with Crippen LogP contribution in [0.1, 0.15) is 103 Å². The lowest BCUT2D eigenvalue weighted by Crippen LogP contribution is -2.35. The predicted molar refractivity (Wildman–Crippen MR) is 198 cm³/mol. The molecule has 0 aliphatic heterocycles. The molecule has 1 fully saturated rings. The number of hydrogen-bond donors (Lipinski definition) is 0. The smallest absolute Gasteiger partial charge is 0.246 e. The molecule has 47 heavy (non-hydrogen) atoms. The summed E-state index contributed by atoms with van der Waals surface area (Å²) in [5, 5.41) is 0. The fourth-order valence-corrected chi connectivity index (χ4v) is 6.16. The van der Waals surface area contributed by atoms with Gasteiger partial charge in [0.05, 0.1) is 5.92 Å². The van der Waals surface area contributed by atoms with Gasteiger partial charge in [-0.3, -0.25) is 9.79 Å². The maximum atomic E-state index is 14.5. The zero-order valence-electron chi connectivity index (χ0n) is 29.2. The largest absolute Gasteiger partial charge is 0.370 e. The quantitative estimate of drug-likeness (QED) is 0.0759. The summed E-state index contributed by atoms with van der Waals surface area (Å²) in [6.07, 6.45) is 22.2. The molecule has 1 aromatic carbocycles. The van der Waals surface area contributed by atoms with Crippen molar-refractivity contribution in [3.05, 3.63) is 107 Å². The van der Waals surface area contributed by atoms with Crippen LogP contribution in [0.15, 0.2) is 101 Å². The zero-order valence-corrected chi connectivity index (χ0v) is 29.2. The number of hydrogen-bond acceptors (Lipinski definition) is 3. The number of alkyl halides is 2. The van der Waals surface area contributed by atoms with E-state index in [1.165, 1.54) is 25.7 Å². The molecule has 0 N–H and O–H groups in total. The second-order valence-electron chi connectivity index (χ2n) is 13.0. The van der Waals surface area contributed by atoms with E-state index >= 15 is 0 Å². The van der Waals surface area contributed by atoms with Gasteiger partial charge in [-0.15, -0.1) is 0 Å². The summed E-state index contributed by atoms with van der Waals surface area (Å²) in [5.74, 6) is -1.03. The van der Waals surface area contributed by atoms with Crippen LogP contribution in [0.2, 0.25) is 0 Å². The van der Waals surface area contributed by atoms with Crippen molar-refractivity contribution < 1.29 is 13.6 Å². The minimum Gasteiger partial charge on any atom is -0.370 e. The average molecular weight is 643 g/mol. The Morgan fingerprint density at radius 3 is 2.34 bits per heavy atom. The van der Waals surface area contributed by atoms with Crippen molar-refractivity contribution in [1.29, 1.82) is 0 Å². The van der Waals surface area contributed by atoms with Gasteiger partial charge in [0.25, 0.3) is 0 Å². The third-order valence-corrected chi connectivity index (χ3v) is 8.79. The lowest BCUT2D eigenvalue weighted by atomic mass is 9.88. The molecule has 3 rings (SSSR count). The molecule has 2 aliphatic carbocycles. The van der Waals surface area contributed by atoms with E-state index in [-0.39, 0.29) is 24.7 Å². The van der Waals surface area contributed by atoms with E-state index in [2.05, 4.69) is 86.6 Å². The molecule has 1 atom stereocenters. The highest BCUT2D eigenvalue weighted by molar-refractivity contribution is 5.85. The number of unbranched alkanes of at least 4 members (excludes halogenated alkanes) is 1. The molecule has 0 radical (unpaired) electrons. The predicted octanol–water partition coefficient (Wildman–Crippen LogP) is 11.4. The molecule has 5 heteroatoms. The number of aliphatic imine (C=N–C) groups is 1. The molecule has 2 aliphatic rings. The van der Waals surface area contributed by atoms with Crippen molar-refractivity contribution in [3.8, 4) is 0 Å². The van der Waals surface area contributed by atoms with Crippen molar-refractivity contribution in [2.24, 2.45) is 16.8 Å². The van der Waals surface area contributed by atoms with Gasteiger partial charge in [0, 0.05) is 44.4 Å². The van der Waals surface area contributed by atoms with E-state index in [1.54, 1.807) is 18.8 Å². The van der Waals surface area contributed by atoms with Crippen molar-refractivity contribution >= 4 is 23.6 Å². The minimum atomic E-state index is -2.61. The van der Waals surface area contributed by atoms with Crippen molar-refractivity contribution in [2.45, 2.75) is 97.8 Å². The molecule has 0 saturated heterocycles. The summed E-state index contributed by atoms with van der Waals surface area (Å²) in [6, 6.07) is 8.54. The van der Waals surface area contributed by atoms with E-state index in [0.29, 0.717) is 18.5 Å². The first-order valence-corrected chi connectivity index (χ1v) is 17.6. The van der Waals surface area contributed by atoms with Crippen LogP contribution in [0.3, 0.4) is 0 Å². The van der Waals surface area contributed by atoms with Gasteiger partial charge in [-0.2, -0.15) is 0 Å². The normalized spacial score (nSPS) is 16.1. The number of benzene rings is 1. The number of halogens is 2. The maximum absolute atomic E-state index is 14.5. The molecule has 1 aromatic rings. The SMILES string of the molecule is C=C1C=C(c2ccc(/C=C/CCC=C(CCC)CCC)cc2)C=C(/C(=C\C=NC)N(CCC)CC(C(=C)CC(=O)C2CC2)C(F)F)C1. The Balaban J connectivity index is 1.79. The summed E-state index contributed by atoms with van der Waals surface area (Å²) in [5.41, 5.74) is 8.01. The van der Waals surface area contributed by atoms with E-state index in [1.807, 2.05) is 17.9 Å². The van der Waals surface area contributed by atoms with Gasteiger partial charge in [-0.05, 0) is 85.8 Å². The number of carbonyl (C=O) groups excluding carboxylic acids is 1. The number of allylic oxidation sites excluding steroid dienone is 9. The summed E-state index contributed by atoms with van der Waals surface area (Å²) < 4.78 is 28.9. The molecule has 3 nitrogen and oxygen atoms in total. The van der Waals surface area contributed by atoms with Crippen LogP contribution in [0, 0.1) is 11.8 Å². The molecule has 0 amide bonds. The van der Waals surface area contributed by atoms with Crippen LogP contribution in [0.5, 0.6) is 0 Å². The maximum Gasteiger partial charge on any atom is 0.246 e. The number of carbonyl (C=O) groups is 1. The van der Waals surface area contributed by atoms with Crippen LogP contribution in [0.25, 0.3) is 11.6 Å². The van der Waals surface area contributed by atoms with Crippen molar-refractivity contribution in [2.75, 3.05) is 20.1 Å². The molecule has 254 valence electrons. The second kappa shape index (κ2) is 19.9. The summed E-state index contributed by atoms with van der Waals surface area (Å²) in [7, 11) is 1.70. The van der Waals surface area contributed by atoms with Crippen molar-refractivity contribution in [1.82, 2.24) is 4.90 Å². The lowest BCUT2D eigenvalue weighted by molar-refractivity contribution is -0.119. The van der Waals surface area contributed by atoms with Gasteiger partial charge in [0.15, 0.2) is 0 Å². The molecular weight excluding hydrogens is 586 g/mol. The van der Waals surface area contributed by atoms with Crippen molar-refractivity contribution in [3.63, 3.8) is 0 Å². The Labute approximate surface area is 283 Å². The number of ketones is 1. The first-order chi connectivity index (χ1) is 22.7. The number of nitrogens with zero attached hydrogens (tertiary/aromatic N) is 2. The Hall–Kier alpha value is -3.60. The van der Waals surface area contributed by atoms with Gasteiger partial charge in [-0.25, -0.2) is 8.78 Å². The summed E-state index contributed by atoms with van der Waals surface area (Å²) >= 11 is 0. The third-order valence-electron chi connectivity index (χ3n) is 8.79. The minimum absolute atomic E-state index is 0.0262. The Morgan fingerprint density at radius 2 is 1.74 bits per heavy atom. The van der Waals surface area contributed by atoms with Gasteiger partial charge < -0.3 is 4.90 Å². The van der Waals surface area contributed by atoms with Crippen LogP contribution in [0.4, 0.5) is 8.78 Å². The van der Waals surface area contributed by atoms with Gasteiger partial charge >= 0.3 is 0 Å². The number of Topliss-reactive ketones (excluding diaryl/α,β-unsaturated/α-hetero) is 1. The lowest BCUT2D eigenvalue weighted by Gasteiger charge is -2.34. The first-order valence-electron chi connectivity index (χ1n) is 17.6. The third kappa shape index (κ3) is 12.5. The standard InChI is InChI=1S/C42H56F2N2O/c1-7-13-33(14-8-2)15-11-10-12-16-34-17-19-35(20-18-34)37-26-31(4)27-38(29-37)40(23-24-45-6)46(25-9-3)30-39(42(43)44)32(5)28-41(47)36-21-22-36/h12,15-20,23-24,26,29,36,39,42H,4-5,7-11,13-14,21-22,25,27-28,30H2,1-3,6H3/b16-12+,40-23+,45-24?. The zero-order chi connectivity index (χ0) is 34.2. The van der Waals surface area contributed by atoms with Gasteiger partial charge in [0.1, 0.15) is 5.78 Å². The molecule has 0 aromatic heterocycles. The highest BCUT2D eigenvalue weighted by Crippen LogP contribution is 2.36. The fraction of sp³-hybridized carbons (Fsp3) is 0.476. The Morgan fingerprint density at radius 1 is 1.04 bits per heavy atom. The Kier molecular flexibility index (Phi) is 16.0. The molecule has 1 saturated carbocycles.